The molecule has 2 aromatic carbocycles. The van der Waals surface area contributed by atoms with Gasteiger partial charge in [-0.1, -0.05) is 0 Å². The maximum atomic E-state index is 13.0. The molecule has 0 fully saturated rings. The monoisotopic (exact) mass is 481 g/mol. The van der Waals surface area contributed by atoms with Crippen LogP contribution in [0.25, 0.3) is 6.08 Å². The van der Waals surface area contributed by atoms with E-state index in [-0.39, 0.29) is 11.6 Å². The molecule has 0 saturated heterocycles. The normalized spacial score (nSPS) is 15.0. The number of rotatable bonds is 3. The molecule has 0 aromatic heterocycles. The molecule has 0 spiro atoms. The molecule has 8 heteroatoms. The lowest BCUT2D eigenvalue weighted by Gasteiger charge is -2.08. The minimum atomic E-state index is -0.611. The van der Waals surface area contributed by atoms with E-state index in [1.807, 2.05) is 0 Å². The number of benzene rings is 2. The summed E-state index contributed by atoms with van der Waals surface area (Å²) in [6, 6.07) is 8.82. The first-order chi connectivity index (χ1) is 12.3. The summed E-state index contributed by atoms with van der Waals surface area (Å²) in [4.78, 5) is 27.3. The van der Waals surface area contributed by atoms with Crippen LogP contribution >= 0.6 is 31.9 Å². The summed E-state index contributed by atoms with van der Waals surface area (Å²) >= 11 is 6.64. The van der Waals surface area contributed by atoms with Gasteiger partial charge in [-0.2, -0.15) is 0 Å². The van der Waals surface area contributed by atoms with Crippen LogP contribution in [0.1, 0.15) is 18.1 Å². The summed E-state index contributed by atoms with van der Waals surface area (Å²) in [6.45, 7) is 1.30. The molecule has 3 rings (SSSR count). The Hall–Kier alpha value is -2.32. The van der Waals surface area contributed by atoms with Crippen LogP contribution in [-0.2, 0) is 14.3 Å². The molecule has 1 aliphatic rings. The summed E-state index contributed by atoms with van der Waals surface area (Å²) in [5, 5.41) is 0. The Kier molecular flexibility index (Phi) is 5.33. The summed E-state index contributed by atoms with van der Waals surface area (Å²) in [5.41, 5.74) is 1.23. The lowest BCUT2D eigenvalue weighted by molar-refractivity contribution is -0.132. The van der Waals surface area contributed by atoms with Crippen LogP contribution < -0.4 is 4.74 Å². The van der Waals surface area contributed by atoms with Gasteiger partial charge in [0.05, 0.1) is 8.95 Å². The first-order valence-electron chi connectivity index (χ1n) is 7.29. The van der Waals surface area contributed by atoms with E-state index < -0.39 is 17.8 Å². The topological polar surface area (TPSA) is 65.0 Å². The van der Waals surface area contributed by atoms with E-state index in [0.29, 0.717) is 25.8 Å². The standard InChI is InChI=1S/C18H10Br2FNO4/c1-9(23)25-16-13(19)6-10(7-14(16)20)8-15-18(24)26-17(22-15)11-2-4-12(21)5-3-11/h2-8H,1H3/b15-8-. The van der Waals surface area contributed by atoms with Crippen molar-refractivity contribution in [3.63, 3.8) is 0 Å². The van der Waals surface area contributed by atoms with E-state index in [9.17, 15) is 14.0 Å². The number of nitrogens with zero attached hydrogens (tertiary/aromatic N) is 1. The van der Waals surface area contributed by atoms with Gasteiger partial charge in [0, 0.05) is 12.5 Å². The van der Waals surface area contributed by atoms with Crippen molar-refractivity contribution in [3.05, 3.63) is 68.0 Å². The van der Waals surface area contributed by atoms with Gasteiger partial charge < -0.3 is 9.47 Å². The van der Waals surface area contributed by atoms with Gasteiger partial charge in [0.15, 0.2) is 11.4 Å². The molecule has 0 atom stereocenters. The fraction of sp³-hybridized carbons (Fsp3) is 0.0556. The lowest BCUT2D eigenvalue weighted by atomic mass is 10.2. The van der Waals surface area contributed by atoms with E-state index in [4.69, 9.17) is 9.47 Å². The SMILES string of the molecule is CC(=O)Oc1c(Br)cc(/C=C2\N=C(c3ccc(F)cc3)OC2=O)cc1Br. The number of ether oxygens (including phenoxy) is 2. The predicted molar refractivity (Wildman–Crippen MR) is 100 cm³/mol. The highest BCUT2D eigenvalue weighted by molar-refractivity contribution is 9.11. The number of hydrogen-bond acceptors (Lipinski definition) is 5. The number of aliphatic imine (C=N–C) groups is 1. The fourth-order valence-corrected chi connectivity index (χ4v) is 3.57. The third kappa shape index (κ3) is 4.08. The molecule has 0 unspecified atom stereocenters. The molecule has 1 heterocycles. The van der Waals surface area contributed by atoms with Crippen molar-refractivity contribution < 1.29 is 23.5 Å². The second kappa shape index (κ2) is 7.51. The van der Waals surface area contributed by atoms with Crippen LogP contribution in [-0.4, -0.2) is 17.8 Å². The fourth-order valence-electron chi connectivity index (χ4n) is 2.19. The number of carbonyl (C=O) groups is 2. The zero-order valence-electron chi connectivity index (χ0n) is 13.3. The van der Waals surface area contributed by atoms with Gasteiger partial charge >= 0.3 is 11.9 Å². The van der Waals surface area contributed by atoms with Gasteiger partial charge in [0.2, 0.25) is 5.90 Å². The van der Waals surface area contributed by atoms with Crippen LogP contribution in [0.5, 0.6) is 5.75 Å². The number of hydrogen-bond donors (Lipinski definition) is 0. The lowest BCUT2D eigenvalue weighted by Crippen LogP contribution is -2.05. The van der Waals surface area contributed by atoms with E-state index in [1.165, 1.54) is 37.3 Å². The molecule has 0 radical (unpaired) electrons. The van der Waals surface area contributed by atoms with E-state index >= 15 is 0 Å². The van der Waals surface area contributed by atoms with Crippen LogP contribution in [0.15, 0.2) is 56.0 Å². The van der Waals surface area contributed by atoms with Gasteiger partial charge in [0.25, 0.3) is 0 Å². The number of esters is 2. The Labute approximate surface area is 164 Å². The highest BCUT2D eigenvalue weighted by Crippen LogP contribution is 2.35. The maximum absolute atomic E-state index is 13.0. The Bertz CT molecular complexity index is 945. The maximum Gasteiger partial charge on any atom is 0.363 e. The van der Waals surface area contributed by atoms with Crippen molar-refractivity contribution in [2.24, 2.45) is 4.99 Å². The van der Waals surface area contributed by atoms with Crippen molar-refractivity contribution in [1.82, 2.24) is 0 Å². The van der Waals surface area contributed by atoms with Crippen molar-refractivity contribution >= 4 is 55.8 Å². The smallest absolute Gasteiger partial charge is 0.363 e. The minimum absolute atomic E-state index is 0.100. The summed E-state index contributed by atoms with van der Waals surface area (Å²) in [7, 11) is 0. The molecule has 0 saturated carbocycles. The van der Waals surface area contributed by atoms with Gasteiger partial charge in [-0.25, -0.2) is 14.2 Å². The average Bonchev–Trinajstić information content (AvgIpc) is 2.92. The highest BCUT2D eigenvalue weighted by atomic mass is 79.9. The molecule has 2 aromatic rings. The Balaban J connectivity index is 1.93. The second-order valence-corrected chi connectivity index (χ2v) is 6.96. The second-order valence-electron chi connectivity index (χ2n) is 5.25. The zero-order chi connectivity index (χ0) is 18.8. The van der Waals surface area contributed by atoms with E-state index in [2.05, 4.69) is 36.9 Å². The molecule has 132 valence electrons. The Morgan fingerprint density at radius 2 is 1.81 bits per heavy atom. The molecule has 0 N–H and O–H groups in total. The number of carbonyl (C=O) groups excluding carboxylic acids is 2. The Morgan fingerprint density at radius 1 is 1.19 bits per heavy atom. The minimum Gasteiger partial charge on any atom is -0.424 e. The van der Waals surface area contributed by atoms with Gasteiger partial charge in [-0.3, -0.25) is 4.79 Å². The average molecular weight is 483 g/mol. The van der Waals surface area contributed by atoms with Crippen molar-refractivity contribution in [2.45, 2.75) is 6.92 Å². The summed E-state index contributed by atoms with van der Waals surface area (Å²) < 4.78 is 24.3. The van der Waals surface area contributed by atoms with E-state index in [0.717, 1.165) is 0 Å². The van der Waals surface area contributed by atoms with Crippen LogP contribution in [0.4, 0.5) is 4.39 Å². The number of halogens is 3. The van der Waals surface area contributed by atoms with Crippen LogP contribution in [0.2, 0.25) is 0 Å². The quantitative estimate of drug-likeness (QED) is 0.363. The molecule has 0 amide bonds. The molecule has 0 aliphatic carbocycles. The number of cyclic esters (lactones) is 1. The van der Waals surface area contributed by atoms with Gasteiger partial charge in [0.1, 0.15) is 5.82 Å². The van der Waals surface area contributed by atoms with Gasteiger partial charge in [-0.15, -0.1) is 0 Å². The third-order valence-electron chi connectivity index (χ3n) is 3.28. The van der Waals surface area contributed by atoms with Crippen molar-refractivity contribution in [2.75, 3.05) is 0 Å². The largest absolute Gasteiger partial charge is 0.424 e. The molecule has 5 nitrogen and oxygen atoms in total. The summed E-state index contributed by atoms with van der Waals surface area (Å²) in [5.74, 6) is -1.01. The predicted octanol–water partition coefficient (Wildman–Crippen LogP) is 4.62. The molecule has 0 bridgehead atoms. The molecular weight excluding hydrogens is 473 g/mol. The Morgan fingerprint density at radius 3 is 2.38 bits per heavy atom. The first-order valence-corrected chi connectivity index (χ1v) is 8.88. The van der Waals surface area contributed by atoms with Gasteiger partial charge in [-0.05, 0) is 79.9 Å². The van der Waals surface area contributed by atoms with Crippen LogP contribution in [0.3, 0.4) is 0 Å². The van der Waals surface area contributed by atoms with Crippen molar-refractivity contribution in [1.29, 1.82) is 0 Å². The zero-order valence-corrected chi connectivity index (χ0v) is 16.4. The third-order valence-corrected chi connectivity index (χ3v) is 4.46. The molecule has 26 heavy (non-hydrogen) atoms. The highest BCUT2D eigenvalue weighted by Gasteiger charge is 2.24. The summed E-state index contributed by atoms with van der Waals surface area (Å²) in [6.07, 6.45) is 1.53. The van der Waals surface area contributed by atoms with E-state index in [1.54, 1.807) is 12.1 Å². The van der Waals surface area contributed by atoms with Crippen molar-refractivity contribution in [3.8, 4) is 5.75 Å². The first kappa shape index (κ1) is 18.5. The molecule has 1 aliphatic heterocycles. The molecular formula is C18H10Br2FNO4. The van der Waals surface area contributed by atoms with Crippen LogP contribution in [0, 0.1) is 5.82 Å².